The molecule has 1 N–H and O–H groups in total. The molecule has 7 nitrogen and oxygen atoms in total. The summed E-state index contributed by atoms with van der Waals surface area (Å²) in [5, 5.41) is 19.8. The first kappa shape index (κ1) is 19.9. The van der Waals surface area contributed by atoms with Crippen LogP contribution in [0, 0.1) is 10.1 Å². The van der Waals surface area contributed by atoms with E-state index in [1.165, 1.54) is 30.3 Å². The second kappa shape index (κ2) is 7.28. The van der Waals surface area contributed by atoms with E-state index in [4.69, 9.17) is 26.2 Å². The third-order valence-corrected chi connectivity index (χ3v) is 4.36. The highest BCUT2D eigenvalue weighted by Crippen LogP contribution is 2.40. The SMILES string of the molecule is O=C(O)C1=CC2=CC(Cl)=C(Oc3ccc([N+](=O)[O-])cc3)CC2OC1C(F)(F)F. The van der Waals surface area contributed by atoms with Crippen molar-refractivity contribution < 1.29 is 37.5 Å². The van der Waals surface area contributed by atoms with Gasteiger partial charge in [0.15, 0.2) is 6.10 Å². The molecule has 3 rings (SSSR count). The number of rotatable bonds is 4. The molecule has 0 saturated carbocycles. The van der Waals surface area contributed by atoms with Gasteiger partial charge in [0.25, 0.3) is 5.69 Å². The van der Waals surface area contributed by atoms with Crippen molar-refractivity contribution >= 4 is 23.3 Å². The number of allylic oxidation sites excluding steroid dienone is 2. The van der Waals surface area contributed by atoms with Crippen molar-refractivity contribution in [2.45, 2.75) is 24.8 Å². The van der Waals surface area contributed by atoms with E-state index in [1.807, 2.05) is 0 Å². The fourth-order valence-corrected chi connectivity index (χ4v) is 3.00. The van der Waals surface area contributed by atoms with Gasteiger partial charge in [0, 0.05) is 18.6 Å². The molecule has 0 amide bonds. The summed E-state index contributed by atoms with van der Waals surface area (Å²) in [6.45, 7) is 0. The Labute approximate surface area is 160 Å². The lowest BCUT2D eigenvalue weighted by Crippen LogP contribution is -2.43. The molecule has 0 bridgehead atoms. The Hall–Kier alpha value is -2.85. The van der Waals surface area contributed by atoms with Gasteiger partial charge < -0.3 is 14.6 Å². The van der Waals surface area contributed by atoms with Crippen molar-refractivity contribution in [3.8, 4) is 5.75 Å². The molecule has 2 atom stereocenters. The Morgan fingerprint density at radius 3 is 2.46 bits per heavy atom. The summed E-state index contributed by atoms with van der Waals surface area (Å²) in [6.07, 6.45) is -6.58. The molecule has 0 spiro atoms. The van der Waals surface area contributed by atoms with Crippen molar-refractivity contribution in [1.29, 1.82) is 0 Å². The number of aliphatic carboxylic acids is 1. The Balaban J connectivity index is 1.88. The number of nitro benzene ring substituents is 1. The third kappa shape index (κ3) is 4.02. The van der Waals surface area contributed by atoms with Gasteiger partial charge in [-0.1, -0.05) is 11.6 Å². The van der Waals surface area contributed by atoms with Crippen LogP contribution in [0.1, 0.15) is 6.42 Å². The lowest BCUT2D eigenvalue weighted by Gasteiger charge is -2.34. The highest BCUT2D eigenvalue weighted by Gasteiger charge is 2.49. The smallest absolute Gasteiger partial charge is 0.419 e. The third-order valence-electron chi connectivity index (χ3n) is 4.04. The Bertz CT molecular complexity index is 920. The van der Waals surface area contributed by atoms with Crippen LogP contribution >= 0.6 is 11.6 Å². The minimum atomic E-state index is -4.90. The van der Waals surface area contributed by atoms with Crippen LogP contribution in [0.4, 0.5) is 18.9 Å². The van der Waals surface area contributed by atoms with Crippen molar-refractivity contribution in [2.24, 2.45) is 0 Å². The van der Waals surface area contributed by atoms with E-state index in [0.717, 1.165) is 6.08 Å². The number of carbonyl (C=O) groups is 1. The minimum absolute atomic E-state index is 0.0552. The summed E-state index contributed by atoms with van der Waals surface area (Å²) in [7, 11) is 0. The monoisotopic (exact) mass is 417 g/mol. The zero-order valence-corrected chi connectivity index (χ0v) is 14.5. The number of non-ortho nitro benzene ring substituents is 1. The summed E-state index contributed by atoms with van der Waals surface area (Å²) >= 11 is 6.10. The standard InChI is InChI=1S/C17H11ClF3NO6/c18-12-6-8-5-11(16(23)24)15(17(19,20)21)28-13(8)7-14(12)27-10-3-1-9(2-4-10)22(25)26/h1-6,13,15H,7H2,(H,23,24). The fraction of sp³-hybridized carbons (Fsp3) is 0.235. The average molecular weight is 418 g/mol. The number of carboxylic acids is 1. The second-order valence-electron chi connectivity index (χ2n) is 5.92. The molecule has 0 saturated heterocycles. The molecule has 0 aromatic heterocycles. The zero-order valence-electron chi connectivity index (χ0n) is 13.8. The number of hydrogen-bond donors (Lipinski definition) is 1. The van der Waals surface area contributed by atoms with Crippen LogP contribution in [-0.2, 0) is 9.53 Å². The topological polar surface area (TPSA) is 98.9 Å². The largest absolute Gasteiger partial charge is 0.478 e. The summed E-state index contributed by atoms with van der Waals surface area (Å²) in [5.41, 5.74) is -0.911. The summed E-state index contributed by atoms with van der Waals surface area (Å²) in [6, 6.07) is 5.04. The molecule has 148 valence electrons. The maximum atomic E-state index is 13.2. The van der Waals surface area contributed by atoms with Crippen LogP contribution in [0.25, 0.3) is 0 Å². The van der Waals surface area contributed by atoms with Gasteiger partial charge in [0.2, 0.25) is 0 Å². The van der Waals surface area contributed by atoms with Gasteiger partial charge in [-0.15, -0.1) is 0 Å². The molecule has 1 aromatic rings. The maximum absolute atomic E-state index is 13.2. The Morgan fingerprint density at radius 2 is 1.93 bits per heavy atom. The number of nitrogens with zero attached hydrogens (tertiary/aromatic N) is 1. The van der Waals surface area contributed by atoms with E-state index >= 15 is 0 Å². The van der Waals surface area contributed by atoms with E-state index in [-0.39, 0.29) is 34.2 Å². The fourth-order valence-electron chi connectivity index (χ4n) is 2.75. The average Bonchev–Trinajstić information content (AvgIpc) is 2.61. The number of alkyl halides is 3. The number of carboxylic acid groups (broad SMARTS) is 1. The lowest BCUT2D eigenvalue weighted by molar-refractivity contribution is -0.384. The van der Waals surface area contributed by atoms with Crippen molar-refractivity contribution in [1.82, 2.24) is 0 Å². The molecule has 2 unspecified atom stereocenters. The molecule has 1 heterocycles. The highest BCUT2D eigenvalue weighted by molar-refractivity contribution is 6.31. The van der Waals surface area contributed by atoms with E-state index in [9.17, 15) is 28.1 Å². The predicted molar refractivity (Wildman–Crippen MR) is 89.7 cm³/mol. The number of hydrogen-bond acceptors (Lipinski definition) is 5. The molecule has 0 fully saturated rings. The van der Waals surface area contributed by atoms with Crippen molar-refractivity contribution in [2.75, 3.05) is 0 Å². The van der Waals surface area contributed by atoms with Gasteiger partial charge >= 0.3 is 12.1 Å². The molecule has 1 aliphatic carbocycles. The van der Waals surface area contributed by atoms with Crippen molar-refractivity contribution in [3.05, 3.63) is 68.5 Å². The lowest BCUT2D eigenvalue weighted by atomic mass is 9.92. The van der Waals surface area contributed by atoms with Crippen LogP contribution in [0.3, 0.4) is 0 Å². The normalized spacial score (nSPS) is 22.1. The number of fused-ring (bicyclic) bond motifs is 1. The number of benzene rings is 1. The quantitative estimate of drug-likeness (QED) is 0.585. The molecule has 0 radical (unpaired) electrons. The molecule has 28 heavy (non-hydrogen) atoms. The molecular weight excluding hydrogens is 407 g/mol. The van der Waals surface area contributed by atoms with Crippen LogP contribution in [0.2, 0.25) is 0 Å². The Morgan fingerprint density at radius 1 is 1.29 bits per heavy atom. The first-order valence-corrected chi connectivity index (χ1v) is 8.13. The van der Waals surface area contributed by atoms with E-state index in [1.54, 1.807) is 0 Å². The van der Waals surface area contributed by atoms with Gasteiger partial charge in [0.1, 0.15) is 11.5 Å². The zero-order chi connectivity index (χ0) is 20.6. The molecule has 1 aliphatic heterocycles. The van der Waals surface area contributed by atoms with Crippen molar-refractivity contribution in [3.63, 3.8) is 0 Å². The van der Waals surface area contributed by atoms with Gasteiger partial charge in [-0.25, -0.2) is 4.79 Å². The van der Waals surface area contributed by atoms with E-state index in [0.29, 0.717) is 0 Å². The number of ether oxygens (including phenoxy) is 2. The first-order valence-electron chi connectivity index (χ1n) is 7.76. The van der Waals surface area contributed by atoms with Gasteiger partial charge in [-0.2, -0.15) is 13.2 Å². The van der Waals surface area contributed by atoms with Crippen LogP contribution in [0.15, 0.2) is 58.4 Å². The minimum Gasteiger partial charge on any atom is -0.478 e. The highest BCUT2D eigenvalue weighted by atomic mass is 35.5. The molecule has 1 aromatic carbocycles. The Kier molecular flexibility index (Phi) is 5.18. The van der Waals surface area contributed by atoms with Crippen LogP contribution < -0.4 is 4.74 Å². The number of halogens is 4. The predicted octanol–water partition coefficient (Wildman–Crippen LogP) is 4.09. The molecule has 11 heteroatoms. The number of nitro groups is 1. The van der Waals surface area contributed by atoms with Crippen LogP contribution in [0.5, 0.6) is 5.75 Å². The molecular formula is C17H11ClF3NO6. The van der Waals surface area contributed by atoms with Crippen LogP contribution in [-0.4, -0.2) is 34.4 Å². The van der Waals surface area contributed by atoms with Gasteiger partial charge in [0.05, 0.1) is 21.6 Å². The van der Waals surface area contributed by atoms with Gasteiger partial charge in [-0.3, -0.25) is 10.1 Å². The van der Waals surface area contributed by atoms with Gasteiger partial charge in [-0.05, 0) is 29.9 Å². The summed E-state index contributed by atoms with van der Waals surface area (Å²) in [5.74, 6) is -1.45. The van der Waals surface area contributed by atoms with E-state index < -0.39 is 34.8 Å². The summed E-state index contributed by atoms with van der Waals surface area (Å²) in [4.78, 5) is 21.2. The first-order chi connectivity index (χ1) is 13.1. The molecule has 2 aliphatic rings. The van der Waals surface area contributed by atoms with E-state index in [2.05, 4.69) is 0 Å². The maximum Gasteiger partial charge on any atom is 0.419 e. The summed E-state index contributed by atoms with van der Waals surface area (Å²) < 4.78 is 50.0. The second-order valence-corrected chi connectivity index (χ2v) is 6.33.